The summed E-state index contributed by atoms with van der Waals surface area (Å²) in [6.07, 6.45) is -0.00506. The van der Waals surface area contributed by atoms with E-state index in [1.54, 1.807) is 7.11 Å². The van der Waals surface area contributed by atoms with Crippen LogP contribution in [0.2, 0.25) is 0 Å². The highest BCUT2D eigenvalue weighted by Gasteiger charge is 2.19. The second-order valence-corrected chi connectivity index (χ2v) is 4.93. The van der Waals surface area contributed by atoms with Crippen LogP contribution in [-0.4, -0.2) is 31.0 Å². The van der Waals surface area contributed by atoms with Gasteiger partial charge in [-0.25, -0.2) is 0 Å². The lowest BCUT2D eigenvalue weighted by Crippen LogP contribution is -2.42. The highest BCUT2D eigenvalue weighted by molar-refractivity contribution is 5.43. The Kier molecular flexibility index (Phi) is 6.12. The van der Waals surface area contributed by atoms with Crippen LogP contribution in [0.5, 0.6) is 11.5 Å². The molecule has 0 amide bonds. The van der Waals surface area contributed by atoms with Crippen LogP contribution in [0.25, 0.3) is 0 Å². The lowest BCUT2D eigenvalue weighted by Gasteiger charge is -2.22. The van der Waals surface area contributed by atoms with Gasteiger partial charge in [0, 0.05) is 6.04 Å². The molecule has 0 fully saturated rings. The minimum Gasteiger partial charge on any atom is -0.493 e. The van der Waals surface area contributed by atoms with Crippen molar-refractivity contribution >= 4 is 0 Å². The quantitative estimate of drug-likeness (QED) is 0.790. The Hall–Kier alpha value is -1.26. The fourth-order valence-corrected chi connectivity index (χ4v) is 1.72. The number of aliphatic hydroxyl groups is 1. The number of hydrogen-bond donors (Lipinski definition) is 2. The molecule has 0 aliphatic rings. The van der Waals surface area contributed by atoms with Crippen molar-refractivity contribution in [2.24, 2.45) is 11.7 Å². The summed E-state index contributed by atoms with van der Waals surface area (Å²) in [5, 5.41) is 9.91. The summed E-state index contributed by atoms with van der Waals surface area (Å²) >= 11 is 0. The zero-order valence-corrected chi connectivity index (χ0v) is 11.9. The molecule has 19 heavy (non-hydrogen) atoms. The van der Waals surface area contributed by atoms with Crippen LogP contribution in [0.1, 0.15) is 19.4 Å². The fourth-order valence-electron chi connectivity index (χ4n) is 1.72. The molecule has 0 heterocycles. The molecule has 0 bridgehead atoms. The van der Waals surface area contributed by atoms with Crippen molar-refractivity contribution < 1.29 is 14.6 Å². The van der Waals surface area contributed by atoms with Crippen molar-refractivity contribution in [2.45, 2.75) is 32.4 Å². The zero-order valence-electron chi connectivity index (χ0n) is 11.9. The van der Waals surface area contributed by atoms with E-state index in [9.17, 15) is 5.11 Å². The third-order valence-electron chi connectivity index (χ3n) is 3.14. The molecule has 0 saturated heterocycles. The minimum absolute atomic E-state index is 0.152. The average Bonchev–Trinajstić information content (AvgIpc) is 2.43. The summed E-state index contributed by atoms with van der Waals surface area (Å²) in [6.45, 7) is 7.92. The molecule has 107 valence electrons. The van der Waals surface area contributed by atoms with Gasteiger partial charge in [-0.1, -0.05) is 19.9 Å². The summed E-state index contributed by atoms with van der Waals surface area (Å²) in [5.41, 5.74) is 6.94. The number of aliphatic hydroxyl groups excluding tert-OH is 1. The molecule has 4 nitrogen and oxygen atoms in total. The highest BCUT2D eigenvalue weighted by atomic mass is 16.5. The van der Waals surface area contributed by atoms with Gasteiger partial charge in [0.05, 0.1) is 7.11 Å². The summed E-state index contributed by atoms with van der Waals surface area (Å²) in [4.78, 5) is 0. The Morgan fingerprint density at radius 1 is 1.32 bits per heavy atom. The SMILES string of the molecule is [CH2]Cc1ccc(OCC(O)C(N)C(C)C)c(OC)c1. The van der Waals surface area contributed by atoms with Crippen LogP contribution in [0, 0.1) is 12.8 Å². The largest absolute Gasteiger partial charge is 0.493 e. The molecule has 0 spiro atoms. The van der Waals surface area contributed by atoms with Crippen LogP contribution in [0.15, 0.2) is 18.2 Å². The van der Waals surface area contributed by atoms with Gasteiger partial charge in [-0.2, -0.15) is 0 Å². The van der Waals surface area contributed by atoms with Crippen LogP contribution < -0.4 is 15.2 Å². The van der Waals surface area contributed by atoms with E-state index in [1.807, 2.05) is 32.0 Å². The monoisotopic (exact) mass is 266 g/mol. The van der Waals surface area contributed by atoms with Crippen molar-refractivity contribution in [1.29, 1.82) is 0 Å². The van der Waals surface area contributed by atoms with Gasteiger partial charge in [-0.05, 0) is 37.0 Å². The van der Waals surface area contributed by atoms with Gasteiger partial charge in [-0.15, -0.1) is 0 Å². The number of ether oxygens (including phenoxy) is 2. The minimum atomic E-state index is -0.697. The molecule has 1 radical (unpaired) electrons. The van der Waals surface area contributed by atoms with Crippen molar-refractivity contribution in [3.8, 4) is 11.5 Å². The van der Waals surface area contributed by atoms with E-state index >= 15 is 0 Å². The van der Waals surface area contributed by atoms with E-state index < -0.39 is 6.10 Å². The van der Waals surface area contributed by atoms with E-state index in [0.717, 1.165) is 5.56 Å². The summed E-state index contributed by atoms with van der Waals surface area (Å²) < 4.78 is 10.8. The third-order valence-corrected chi connectivity index (χ3v) is 3.14. The number of methoxy groups -OCH3 is 1. The maximum Gasteiger partial charge on any atom is 0.161 e. The predicted molar refractivity (Wildman–Crippen MR) is 76.4 cm³/mol. The van der Waals surface area contributed by atoms with Gasteiger partial charge in [0.1, 0.15) is 12.7 Å². The van der Waals surface area contributed by atoms with Crippen LogP contribution >= 0.6 is 0 Å². The molecule has 2 atom stereocenters. The second-order valence-electron chi connectivity index (χ2n) is 4.93. The molecule has 0 aromatic heterocycles. The molecule has 2 unspecified atom stereocenters. The second kappa shape index (κ2) is 7.36. The van der Waals surface area contributed by atoms with E-state index in [-0.39, 0.29) is 18.6 Å². The molecular weight excluding hydrogens is 242 g/mol. The average molecular weight is 266 g/mol. The van der Waals surface area contributed by atoms with E-state index in [1.165, 1.54) is 0 Å². The number of nitrogens with two attached hydrogens (primary N) is 1. The molecule has 3 N–H and O–H groups in total. The zero-order chi connectivity index (χ0) is 14.4. The van der Waals surface area contributed by atoms with Crippen LogP contribution in [0.3, 0.4) is 0 Å². The van der Waals surface area contributed by atoms with Crippen molar-refractivity contribution in [2.75, 3.05) is 13.7 Å². The first-order valence-electron chi connectivity index (χ1n) is 6.52. The molecule has 0 saturated carbocycles. The van der Waals surface area contributed by atoms with Gasteiger partial charge in [0.2, 0.25) is 0 Å². The van der Waals surface area contributed by atoms with Crippen molar-refractivity contribution in [3.63, 3.8) is 0 Å². The number of hydrogen-bond acceptors (Lipinski definition) is 4. The number of benzene rings is 1. The van der Waals surface area contributed by atoms with Crippen molar-refractivity contribution in [1.82, 2.24) is 0 Å². The van der Waals surface area contributed by atoms with E-state index in [4.69, 9.17) is 15.2 Å². The maximum absolute atomic E-state index is 9.91. The lowest BCUT2D eigenvalue weighted by molar-refractivity contribution is 0.0704. The fraction of sp³-hybridized carbons (Fsp3) is 0.533. The molecule has 1 aromatic carbocycles. The maximum atomic E-state index is 9.91. The third kappa shape index (κ3) is 4.40. The van der Waals surface area contributed by atoms with Gasteiger partial charge in [0.15, 0.2) is 11.5 Å². The Morgan fingerprint density at radius 3 is 2.53 bits per heavy atom. The summed E-state index contributed by atoms with van der Waals surface area (Å²) in [7, 11) is 1.59. The molecule has 0 aliphatic heterocycles. The lowest BCUT2D eigenvalue weighted by atomic mass is 10.0. The first-order chi connectivity index (χ1) is 8.99. The molecular formula is C15H24NO3. The van der Waals surface area contributed by atoms with Crippen molar-refractivity contribution in [3.05, 3.63) is 30.7 Å². The Labute approximate surface area is 115 Å². The Bertz CT molecular complexity index is 393. The van der Waals surface area contributed by atoms with Gasteiger partial charge in [-0.3, -0.25) is 0 Å². The standard InChI is InChI=1S/C15H24NO3/c1-5-11-6-7-13(14(8-11)18-4)19-9-12(17)15(16)10(2)3/h6-8,10,12,15,17H,1,5,9,16H2,2-4H3. The van der Waals surface area contributed by atoms with Gasteiger partial charge >= 0.3 is 0 Å². The molecule has 4 heteroatoms. The topological polar surface area (TPSA) is 64.7 Å². The summed E-state index contributed by atoms with van der Waals surface area (Å²) in [6, 6.07) is 5.34. The molecule has 1 aromatic rings. The van der Waals surface area contributed by atoms with E-state index in [2.05, 4.69) is 6.92 Å². The first-order valence-corrected chi connectivity index (χ1v) is 6.52. The van der Waals surface area contributed by atoms with Crippen LogP contribution in [0.4, 0.5) is 0 Å². The predicted octanol–water partition coefficient (Wildman–Crippen LogP) is 1.79. The molecule has 1 rings (SSSR count). The smallest absolute Gasteiger partial charge is 0.161 e. The first kappa shape index (κ1) is 15.8. The van der Waals surface area contributed by atoms with Crippen LogP contribution in [-0.2, 0) is 6.42 Å². The van der Waals surface area contributed by atoms with Gasteiger partial charge < -0.3 is 20.3 Å². The number of rotatable bonds is 7. The normalized spacial score (nSPS) is 14.3. The summed E-state index contributed by atoms with van der Waals surface area (Å²) in [5.74, 6) is 1.45. The van der Waals surface area contributed by atoms with E-state index in [0.29, 0.717) is 17.9 Å². The Morgan fingerprint density at radius 2 is 2.00 bits per heavy atom. The Balaban J connectivity index is 2.67. The van der Waals surface area contributed by atoms with Gasteiger partial charge in [0.25, 0.3) is 0 Å². The molecule has 0 aliphatic carbocycles. The highest BCUT2D eigenvalue weighted by Crippen LogP contribution is 2.28.